The van der Waals surface area contributed by atoms with E-state index in [-0.39, 0.29) is 28.5 Å². The van der Waals surface area contributed by atoms with Gasteiger partial charge >= 0.3 is 0 Å². The van der Waals surface area contributed by atoms with Crippen molar-refractivity contribution in [2.75, 3.05) is 0 Å². The number of hydrogen-bond donors (Lipinski definition) is 2. The highest BCUT2D eigenvalue weighted by molar-refractivity contribution is 6.32. The van der Waals surface area contributed by atoms with E-state index in [4.69, 9.17) is 27.8 Å². The van der Waals surface area contributed by atoms with Crippen LogP contribution in [-0.2, 0) is 0 Å². The van der Waals surface area contributed by atoms with Gasteiger partial charge in [0.05, 0.1) is 16.7 Å². The van der Waals surface area contributed by atoms with Gasteiger partial charge in [-0.3, -0.25) is 4.79 Å². The highest BCUT2D eigenvalue weighted by Crippen LogP contribution is 2.31. The predicted molar refractivity (Wildman–Crippen MR) is 70.8 cm³/mol. The molecule has 1 aromatic rings. The van der Waals surface area contributed by atoms with Crippen molar-refractivity contribution in [2.45, 2.75) is 37.8 Å². The molecule has 0 aromatic heterocycles. The Bertz CT molecular complexity index is 488. The molecule has 4 N–H and O–H groups in total. The van der Waals surface area contributed by atoms with Crippen LogP contribution >= 0.6 is 11.6 Å². The molecule has 1 amide bonds. The number of primary amides is 1. The molecule has 0 atom stereocenters. The van der Waals surface area contributed by atoms with Gasteiger partial charge in [-0.25, -0.2) is 4.39 Å². The van der Waals surface area contributed by atoms with Gasteiger partial charge in [0, 0.05) is 12.1 Å². The topological polar surface area (TPSA) is 78.3 Å². The summed E-state index contributed by atoms with van der Waals surface area (Å²) in [6.07, 6.45) is 3.37. The third-order valence-corrected chi connectivity index (χ3v) is 3.59. The highest BCUT2D eigenvalue weighted by Gasteiger charge is 2.22. The van der Waals surface area contributed by atoms with E-state index in [0.717, 1.165) is 31.7 Å². The third kappa shape index (κ3) is 3.36. The second kappa shape index (κ2) is 5.75. The number of benzene rings is 1. The van der Waals surface area contributed by atoms with Crippen molar-refractivity contribution in [3.8, 4) is 5.75 Å². The Balaban J connectivity index is 2.13. The molecule has 6 heteroatoms. The average Bonchev–Trinajstić information content (AvgIpc) is 2.35. The highest BCUT2D eigenvalue weighted by atomic mass is 35.5. The summed E-state index contributed by atoms with van der Waals surface area (Å²) in [7, 11) is 0. The molecule has 0 aliphatic heterocycles. The fraction of sp³-hybridized carbons (Fsp3) is 0.462. The van der Waals surface area contributed by atoms with Gasteiger partial charge in [-0.2, -0.15) is 0 Å². The first-order valence-corrected chi connectivity index (χ1v) is 6.56. The van der Waals surface area contributed by atoms with E-state index in [1.807, 2.05) is 0 Å². The van der Waals surface area contributed by atoms with Gasteiger partial charge in [0.2, 0.25) is 0 Å². The number of halogens is 2. The van der Waals surface area contributed by atoms with Crippen LogP contribution in [0.5, 0.6) is 5.75 Å². The largest absolute Gasteiger partial charge is 0.489 e. The van der Waals surface area contributed by atoms with Crippen LogP contribution in [0.25, 0.3) is 0 Å². The molecular weight excluding hydrogens is 271 g/mol. The van der Waals surface area contributed by atoms with Gasteiger partial charge in [0.15, 0.2) is 0 Å². The van der Waals surface area contributed by atoms with Crippen molar-refractivity contribution < 1.29 is 13.9 Å². The zero-order valence-electron chi connectivity index (χ0n) is 10.4. The van der Waals surface area contributed by atoms with Crippen molar-refractivity contribution >= 4 is 17.5 Å². The Labute approximate surface area is 115 Å². The van der Waals surface area contributed by atoms with Gasteiger partial charge in [0.25, 0.3) is 5.91 Å². The fourth-order valence-electron chi connectivity index (χ4n) is 2.19. The van der Waals surface area contributed by atoms with Crippen LogP contribution in [-0.4, -0.2) is 18.1 Å². The molecule has 1 aromatic carbocycles. The molecule has 1 aliphatic carbocycles. The van der Waals surface area contributed by atoms with Crippen LogP contribution in [0.2, 0.25) is 5.02 Å². The van der Waals surface area contributed by atoms with E-state index < -0.39 is 11.7 Å². The SMILES string of the molecule is NC(=O)c1cc(Cl)c(O[C@H]2CC[C@H](N)CC2)cc1F. The second-order valence-corrected chi connectivity index (χ2v) is 5.19. The van der Waals surface area contributed by atoms with Crippen LogP contribution < -0.4 is 16.2 Å². The Morgan fingerprint density at radius 3 is 2.53 bits per heavy atom. The maximum atomic E-state index is 13.6. The minimum absolute atomic E-state index is 0.0175. The van der Waals surface area contributed by atoms with Crippen molar-refractivity contribution in [3.05, 3.63) is 28.5 Å². The Hall–Kier alpha value is -1.33. The van der Waals surface area contributed by atoms with Crippen LogP contribution in [0.15, 0.2) is 12.1 Å². The molecule has 1 aliphatic rings. The summed E-state index contributed by atoms with van der Waals surface area (Å²) >= 11 is 5.97. The van der Waals surface area contributed by atoms with E-state index in [0.29, 0.717) is 0 Å². The van der Waals surface area contributed by atoms with Crippen molar-refractivity contribution in [3.63, 3.8) is 0 Å². The Morgan fingerprint density at radius 2 is 1.95 bits per heavy atom. The number of ether oxygens (including phenoxy) is 1. The summed E-state index contributed by atoms with van der Waals surface area (Å²) in [5.74, 6) is -1.33. The smallest absolute Gasteiger partial charge is 0.251 e. The lowest BCUT2D eigenvalue weighted by molar-refractivity contribution is 0.0996. The van der Waals surface area contributed by atoms with E-state index >= 15 is 0 Å². The zero-order valence-corrected chi connectivity index (χ0v) is 11.1. The first-order valence-electron chi connectivity index (χ1n) is 6.18. The zero-order chi connectivity index (χ0) is 14.0. The number of hydrogen-bond acceptors (Lipinski definition) is 3. The minimum Gasteiger partial charge on any atom is -0.489 e. The van der Waals surface area contributed by atoms with Gasteiger partial charge in [-0.15, -0.1) is 0 Å². The van der Waals surface area contributed by atoms with Crippen LogP contribution in [0.4, 0.5) is 4.39 Å². The van der Waals surface area contributed by atoms with E-state index in [2.05, 4.69) is 0 Å². The van der Waals surface area contributed by atoms with Gasteiger partial charge in [0.1, 0.15) is 11.6 Å². The van der Waals surface area contributed by atoms with E-state index in [1.165, 1.54) is 6.07 Å². The molecule has 19 heavy (non-hydrogen) atoms. The minimum atomic E-state index is -0.852. The van der Waals surface area contributed by atoms with Gasteiger partial charge < -0.3 is 16.2 Å². The van der Waals surface area contributed by atoms with Gasteiger partial charge in [-0.1, -0.05) is 11.6 Å². The van der Waals surface area contributed by atoms with Gasteiger partial charge in [-0.05, 0) is 31.7 Å². The second-order valence-electron chi connectivity index (χ2n) is 4.78. The Morgan fingerprint density at radius 1 is 1.32 bits per heavy atom. The Kier molecular flexibility index (Phi) is 4.27. The number of nitrogens with two attached hydrogens (primary N) is 2. The molecule has 1 saturated carbocycles. The lowest BCUT2D eigenvalue weighted by atomic mass is 9.94. The quantitative estimate of drug-likeness (QED) is 0.894. The van der Waals surface area contributed by atoms with E-state index in [1.54, 1.807) is 0 Å². The number of amides is 1. The summed E-state index contributed by atoms with van der Waals surface area (Å²) in [5.41, 5.74) is 10.6. The van der Waals surface area contributed by atoms with Crippen LogP contribution in [0.3, 0.4) is 0 Å². The first kappa shape index (κ1) is 14.1. The molecule has 0 unspecified atom stereocenters. The summed E-state index contributed by atoms with van der Waals surface area (Å²) in [5, 5.41) is 0.185. The van der Waals surface area contributed by atoms with Crippen molar-refractivity contribution in [2.24, 2.45) is 11.5 Å². The summed E-state index contributed by atoms with van der Waals surface area (Å²) in [6.45, 7) is 0. The monoisotopic (exact) mass is 286 g/mol. The standard InChI is InChI=1S/C13H16ClFN2O2/c14-10-5-9(13(17)18)11(15)6-12(10)19-8-3-1-7(16)2-4-8/h5-8H,1-4,16H2,(H2,17,18)/t7-,8-. The molecule has 0 spiro atoms. The molecule has 0 radical (unpaired) electrons. The van der Waals surface area contributed by atoms with Crippen LogP contribution in [0, 0.1) is 5.82 Å². The fourth-order valence-corrected chi connectivity index (χ4v) is 2.40. The number of carbonyl (C=O) groups is 1. The normalized spacial score (nSPS) is 23.1. The summed E-state index contributed by atoms with van der Waals surface area (Å²) in [4.78, 5) is 11.0. The van der Waals surface area contributed by atoms with Crippen molar-refractivity contribution in [1.29, 1.82) is 0 Å². The maximum absolute atomic E-state index is 13.6. The summed E-state index contributed by atoms with van der Waals surface area (Å²) < 4.78 is 19.3. The molecule has 2 rings (SSSR count). The lowest BCUT2D eigenvalue weighted by Gasteiger charge is -2.27. The predicted octanol–water partition coefficient (Wildman–Crippen LogP) is 2.23. The molecule has 0 heterocycles. The van der Waals surface area contributed by atoms with E-state index in [9.17, 15) is 9.18 Å². The number of carbonyl (C=O) groups excluding carboxylic acids is 1. The molecule has 1 fully saturated rings. The van der Waals surface area contributed by atoms with Crippen molar-refractivity contribution in [1.82, 2.24) is 0 Å². The molecule has 0 bridgehead atoms. The first-order chi connectivity index (χ1) is 8.97. The molecule has 0 saturated heterocycles. The molecule has 104 valence electrons. The third-order valence-electron chi connectivity index (χ3n) is 3.30. The number of rotatable bonds is 3. The molecule has 4 nitrogen and oxygen atoms in total. The summed E-state index contributed by atoms with van der Waals surface area (Å²) in [6, 6.07) is 2.52. The average molecular weight is 287 g/mol. The lowest BCUT2D eigenvalue weighted by Crippen LogP contribution is -2.31. The maximum Gasteiger partial charge on any atom is 0.251 e. The van der Waals surface area contributed by atoms with Crippen LogP contribution in [0.1, 0.15) is 36.0 Å². The molecular formula is C13H16ClFN2O2.